The average molecular weight is 258 g/mol. The predicted octanol–water partition coefficient (Wildman–Crippen LogP) is 2.62. The van der Waals surface area contributed by atoms with Crippen LogP contribution in [0.2, 0.25) is 0 Å². The molecule has 1 aromatic carbocycles. The molecule has 0 unspecified atom stereocenters. The fourth-order valence-corrected chi connectivity index (χ4v) is 1.68. The van der Waals surface area contributed by atoms with Crippen LogP contribution >= 0.6 is 11.8 Å². The van der Waals surface area contributed by atoms with Crippen LogP contribution in [0.15, 0.2) is 47.4 Å². The van der Waals surface area contributed by atoms with Gasteiger partial charge in [-0.1, -0.05) is 18.2 Å². The van der Waals surface area contributed by atoms with Gasteiger partial charge in [-0.05, 0) is 30.0 Å². The molecule has 18 heavy (non-hydrogen) atoms. The van der Waals surface area contributed by atoms with Crippen molar-refractivity contribution in [2.45, 2.75) is 4.90 Å². The van der Waals surface area contributed by atoms with E-state index in [1.807, 2.05) is 36.6 Å². The molecule has 0 aliphatic rings. The van der Waals surface area contributed by atoms with Crippen LogP contribution in [0.3, 0.4) is 0 Å². The molecule has 0 aliphatic heterocycles. The zero-order valence-corrected chi connectivity index (χ0v) is 11.0. The van der Waals surface area contributed by atoms with Gasteiger partial charge in [-0.25, -0.2) is 0 Å². The summed E-state index contributed by atoms with van der Waals surface area (Å²) in [5, 5.41) is 11.5. The van der Waals surface area contributed by atoms with Crippen molar-refractivity contribution in [2.24, 2.45) is 0 Å². The van der Waals surface area contributed by atoms with Crippen molar-refractivity contribution in [1.82, 2.24) is 5.32 Å². The molecule has 1 N–H and O–H groups in total. The van der Waals surface area contributed by atoms with Gasteiger partial charge in [0.2, 0.25) is 0 Å². The number of carbonyl (C=O) groups excluding carboxylic acids is 1. The second-order valence-corrected chi connectivity index (χ2v) is 4.32. The predicted molar refractivity (Wildman–Crippen MR) is 75.0 cm³/mol. The van der Waals surface area contributed by atoms with E-state index in [2.05, 4.69) is 11.9 Å². The van der Waals surface area contributed by atoms with E-state index < -0.39 is 0 Å². The van der Waals surface area contributed by atoms with E-state index >= 15 is 0 Å². The van der Waals surface area contributed by atoms with Crippen molar-refractivity contribution in [3.63, 3.8) is 0 Å². The molecule has 92 valence electrons. The smallest absolute Gasteiger partial charge is 0.262 e. The van der Waals surface area contributed by atoms with Crippen molar-refractivity contribution in [2.75, 3.05) is 12.8 Å². The molecule has 1 aromatic rings. The minimum absolute atomic E-state index is 0.0914. The Labute approximate surface area is 111 Å². The van der Waals surface area contributed by atoms with Crippen LogP contribution in [0.5, 0.6) is 0 Å². The number of nitrogens with one attached hydrogen (secondary N) is 1. The minimum atomic E-state index is -0.383. The first-order chi connectivity index (χ1) is 8.71. The summed E-state index contributed by atoms with van der Waals surface area (Å²) in [4.78, 5) is 12.7. The van der Waals surface area contributed by atoms with Gasteiger partial charge in [0.25, 0.3) is 5.91 Å². The lowest BCUT2D eigenvalue weighted by molar-refractivity contribution is -0.116. The number of nitriles is 1. The Hall–Kier alpha value is -1.99. The van der Waals surface area contributed by atoms with Crippen LogP contribution in [-0.4, -0.2) is 18.7 Å². The Morgan fingerprint density at radius 1 is 1.50 bits per heavy atom. The fraction of sp³-hybridized carbons (Fsp3) is 0.143. The highest BCUT2D eigenvalue weighted by molar-refractivity contribution is 7.98. The Balaban J connectivity index is 2.86. The molecule has 0 atom stereocenters. The van der Waals surface area contributed by atoms with Crippen LogP contribution in [0.4, 0.5) is 0 Å². The van der Waals surface area contributed by atoms with E-state index in [0.717, 1.165) is 10.5 Å². The SMILES string of the molecule is C=CCNC(=O)C(C#N)=Cc1ccc(SC)cc1. The lowest BCUT2D eigenvalue weighted by atomic mass is 10.1. The van der Waals surface area contributed by atoms with Gasteiger partial charge in [0, 0.05) is 11.4 Å². The monoisotopic (exact) mass is 258 g/mol. The molecule has 1 amide bonds. The van der Waals surface area contributed by atoms with E-state index in [1.54, 1.807) is 23.9 Å². The number of nitrogens with zero attached hydrogens (tertiary/aromatic N) is 1. The number of amides is 1. The fourth-order valence-electron chi connectivity index (χ4n) is 1.28. The lowest BCUT2D eigenvalue weighted by Gasteiger charge is -2.01. The molecule has 0 heterocycles. The first-order valence-electron chi connectivity index (χ1n) is 5.36. The average Bonchev–Trinajstić information content (AvgIpc) is 2.42. The number of thioether (sulfide) groups is 1. The molecule has 0 aromatic heterocycles. The summed E-state index contributed by atoms with van der Waals surface area (Å²) < 4.78 is 0. The molecule has 0 bridgehead atoms. The maximum absolute atomic E-state index is 11.6. The second-order valence-electron chi connectivity index (χ2n) is 3.44. The van der Waals surface area contributed by atoms with Gasteiger partial charge in [0.15, 0.2) is 0 Å². The Morgan fingerprint density at radius 2 is 2.17 bits per heavy atom. The lowest BCUT2D eigenvalue weighted by Crippen LogP contribution is -2.24. The van der Waals surface area contributed by atoms with E-state index in [0.29, 0.717) is 6.54 Å². The van der Waals surface area contributed by atoms with Crippen LogP contribution in [-0.2, 0) is 4.79 Å². The quantitative estimate of drug-likeness (QED) is 0.382. The highest BCUT2D eigenvalue weighted by Crippen LogP contribution is 2.16. The molecule has 1 rings (SSSR count). The van der Waals surface area contributed by atoms with Gasteiger partial charge in [-0.2, -0.15) is 5.26 Å². The molecule has 0 saturated carbocycles. The Morgan fingerprint density at radius 3 is 2.67 bits per heavy atom. The van der Waals surface area contributed by atoms with Crippen molar-refractivity contribution < 1.29 is 4.79 Å². The van der Waals surface area contributed by atoms with Crippen LogP contribution in [0, 0.1) is 11.3 Å². The van der Waals surface area contributed by atoms with Crippen molar-refractivity contribution >= 4 is 23.7 Å². The molecular weight excluding hydrogens is 244 g/mol. The van der Waals surface area contributed by atoms with E-state index in [-0.39, 0.29) is 11.5 Å². The minimum Gasteiger partial charge on any atom is -0.348 e. The van der Waals surface area contributed by atoms with Gasteiger partial charge in [-0.3, -0.25) is 4.79 Å². The normalized spacial score (nSPS) is 10.6. The number of rotatable bonds is 5. The van der Waals surface area contributed by atoms with Gasteiger partial charge >= 0.3 is 0 Å². The first-order valence-corrected chi connectivity index (χ1v) is 6.58. The molecule has 0 spiro atoms. The van der Waals surface area contributed by atoms with E-state index in [9.17, 15) is 4.79 Å². The Kier molecular flexibility index (Phi) is 5.75. The van der Waals surface area contributed by atoms with Gasteiger partial charge in [0.05, 0.1) is 0 Å². The van der Waals surface area contributed by atoms with E-state index in [1.165, 1.54) is 0 Å². The number of hydrogen-bond acceptors (Lipinski definition) is 3. The zero-order chi connectivity index (χ0) is 13.4. The van der Waals surface area contributed by atoms with Gasteiger partial charge < -0.3 is 5.32 Å². The number of hydrogen-bond donors (Lipinski definition) is 1. The number of benzene rings is 1. The molecule has 0 radical (unpaired) electrons. The maximum Gasteiger partial charge on any atom is 0.262 e. The van der Waals surface area contributed by atoms with Crippen molar-refractivity contribution in [3.8, 4) is 6.07 Å². The third-order valence-electron chi connectivity index (χ3n) is 2.20. The third kappa shape index (κ3) is 4.11. The second kappa shape index (κ2) is 7.36. The topological polar surface area (TPSA) is 52.9 Å². The standard InChI is InChI=1S/C14H14N2OS/c1-3-8-16-14(17)12(10-15)9-11-4-6-13(18-2)7-5-11/h3-7,9H,1,8H2,2H3,(H,16,17). The molecule has 0 saturated heterocycles. The molecule has 3 nitrogen and oxygen atoms in total. The first kappa shape index (κ1) is 14.1. The summed E-state index contributed by atoms with van der Waals surface area (Å²) >= 11 is 1.64. The largest absolute Gasteiger partial charge is 0.348 e. The summed E-state index contributed by atoms with van der Waals surface area (Å²) in [6, 6.07) is 9.56. The zero-order valence-electron chi connectivity index (χ0n) is 10.1. The Bertz CT molecular complexity index is 498. The summed E-state index contributed by atoms with van der Waals surface area (Å²) in [5.41, 5.74) is 0.923. The summed E-state index contributed by atoms with van der Waals surface area (Å²) in [6.07, 6.45) is 5.14. The summed E-state index contributed by atoms with van der Waals surface area (Å²) in [5.74, 6) is -0.383. The molecule has 4 heteroatoms. The molecule has 0 aliphatic carbocycles. The van der Waals surface area contributed by atoms with Crippen LogP contribution in [0.1, 0.15) is 5.56 Å². The van der Waals surface area contributed by atoms with E-state index in [4.69, 9.17) is 5.26 Å². The highest BCUT2D eigenvalue weighted by atomic mass is 32.2. The summed E-state index contributed by atoms with van der Waals surface area (Å²) in [7, 11) is 0. The maximum atomic E-state index is 11.6. The van der Waals surface area contributed by atoms with Crippen molar-refractivity contribution in [1.29, 1.82) is 5.26 Å². The van der Waals surface area contributed by atoms with Crippen LogP contribution in [0.25, 0.3) is 6.08 Å². The van der Waals surface area contributed by atoms with Gasteiger partial charge in [-0.15, -0.1) is 18.3 Å². The molecule has 0 fully saturated rings. The highest BCUT2D eigenvalue weighted by Gasteiger charge is 2.07. The summed E-state index contributed by atoms with van der Waals surface area (Å²) in [6.45, 7) is 3.85. The molecular formula is C14H14N2OS. The van der Waals surface area contributed by atoms with Gasteiger partial charge in [0.1, 0.15) is 11.6 Å². The van der Waals surface area contributed by atoms with Crippen molar-refractivity contribution in [3.05, 3.63) is 48.1 Å². The third-order valence-corrected chi connectivity index (χ3v) is 2.94. The van der Waals surface area contributed by atoms with Crippen LogP contribution < -0.4 is 5.32 Å². The number of carbonyl (C=O) groups is 1.